The highest BCUT2D eigenvalue weighted by Gasteiger charge is 2.04. The second-order valence-electron chi connectivity index (χ2n) is 7.99. The van der Waals surface area contributed by atoms with Gasteiger partial charge in [-0.3, -0.25) is 0 Å². The first kappa shape index (κ1) is 23.9. The summed E-state index contributed by atoms with van der Waals surface area (Å²) in [6, 6.07) is 36.6. The zero-order valence-corrected chi connectivity index (χ0v) is 20.2. The van der Waals surface area contributed by atoms with Gasteiger partial charge in [-0.25, -0.2) is 0 Å². The predicted molar refractivity (Wildman–Crippen MR) is 143 cm³/mol. The van der Waals surface area contributed by atoms with E-state index in [1.807, 2.05) is 74.5 Å². The molecule has 4 aromatic rings. The second-order valence-corrected chi connectivity index (χ2v) is 7.99. The van der Waals surface area contributed by atoms with E-state index >= 15 is 0 Å². The molecule has 0 aromatic heterocycles. The van der Waals surface area contributed by atoms with Crippen LogP contribution in [-0.4, -0.2) is 0 Å². The van der Waals surface area contributed by atoms with E-state index in [9.17, 15) is 0 Å². The minimum Gasteiger partial charge on any atom is -0.461 e. The predicted octanol–water partition coefficient (Wildman–Crippen LogP) is 9.00. The number of benzene rings is 4. The molecule has 0 aliphatic heterocycles. The Balaban J connectivity index is 1.35. The average molecular weight is 463 g/mol. The topological polar surface area (TPSA) is 27.7 Å². The van der Waals surface area contributed by atoms with Gasteiger partial charge in [-0.1, -0.05) is 98.8 Å². The maximum Gasteiger partial charge on any atom is 0.138 e. The van der Waals surface area contributed by atoms with Crippen molar-refractivity contribution in [3.8, 4) is 33.8 Å². The van der Waals surface area contributed by atoms with E-state index in [1.165, 1.54) is 11.1 Å². The Bertz CT molecular complexity index is 1140. The third-order valence-corrected chi connectivity index (χ3v) is 5.53. The van der Waals surface area contributed by atoms with E-state index in [0.717, 1.165) is 34.1 Å². The lowest BCUT2D eigenvalue weighted by molar-refractivity contribution is 0.252. The van der Waals surface area contributed by atoms with Crippen LogP contribution in [0.4, 0.5) is 0 Å². The smallest absolute Gasteiger partial charge is 0.138 e. The summed E-state index contributed by atoms with van der Waals surface area (Å²) in [5.74, 6) is 2.98. The summed E-state index contributed by atoms with van der Waals surface area (Å²) in [5, 5.41) is 0. The Kier molecular flexibility index (Phi) is 8.39. The lowest BCUT2D eigenvalue weighted by Crippen LogP contribution is -1.97. The van der Waals surface area contributed by atoms with Crippen LogP contribution >= 0.6 is 0 Å². The summed E-state index contributed by atoms with van der Waals surface area (Å²) in [6.07, 6.45) is 4.72. The number of hydrogen-bond donors (Lipinski definition) is 0. The van der Waals surface area contributed by atoms with E-state index in [4.69, 9.17) is 14.2 Å². The van der Waals surface area contributed by atoms with Gasteiger partial charge in [0.2, 0.25) is 0 Å². The number of hydrogen-bond acceptors (Lipinski definition) is 3. The van der Waals surface area contributed by atoms with Gasteiger partial charge in [-0.2, -0.15) is 0 Å². The van der Waals surface area contributed by atoms with Crippen LogP contribution in [0.25, 0.3) is 22.3 Å². The maximum atomic E-state index is 6.05. The normalized spacial score (nSPS) is 11.7. The third-order valence-electron chi connectivity index (χ3n) is 5.53. The Hall–Kier alpha value is -4.24. The summed E-state index contributed by atoms with van der Waals surface area (Å²) in [4.78, 5) is 0. The van der Waals surface area contributed by atoms with Crippen molar-refractivity contribution in [2.75, 3.05) is 0 Å². The molecule has 0 unspecified atom stereocenters. The summed E-state index contributed by atoms with van der Waals surface area (Å²) in [7, 11) is 0. The highest BCUT2D eigenvalue weighted by atomic mass is 16.5. The molecule has 0 fully saturated rings. The minimum absolute atomic E-state index is 0.700. The summed E-state index contributed by atoms with van der Waals surface area (Å²) in [6.45, 7) is 4.06. The maximum absolute atomic E-state index is 6.05. The second kappa shape index (κ2) is 12.3. The molecule has 0 N–H and O–H groups in total. The molecule has 0 heterocycles. The molecule has 0 aliphatic carbocycles. The molecule has 35 heavy (non-hydrogen) atoms. The van der Waals surface area contributed by atoms with E-state index in [1.54, 1.807) is 12.5 Å². The van der Waals surface area contributed by atoms with E-state index in [0.29, 0.717) is 12.8 Å². The van der Waals surface area contributed by atoms with Gasteiger partial charge < -0.3 is 14.2 Å². The van der Waals surface area contributed by atoms with Crippen molar-refractivity contribution >= 4 is 0 Å². The lowest BCUT2D eigenvalue weighted by Gasteiger charge is -2.12. The van der Waals surface area contributed by atoms with Crippen molar-refractivity contribution in [3.63, 3.8) is 0 Å². The van der Waals surface area contributed by atoms with Crippen LogP contribution in [0, 0.1) is 0 Å². The van der Waals surface area contributed by atoms with Gasteiger partial charge in [0.1, 0.15) is 35.5 Å². The van der Waals surface area contributed by atoms with Gasteiger partial charge in [0.15, 0.2) is 0 Å². The third kappa shape index (κ3) is 6.87. The Morgan fingerprint density at radius 2 is 0.829 bits per heavy atom. The molecule has 4 rings (SSSR count). The van der Waals surface area contributed by atoms with Gasteiger partial charge >= 0.3 is 0 Å². The molecule has 3 nitrogen and oxygen atoms in total. The molecule has 0 amide bonds. The zero-order chi connectivity index (χ0) is 24.3. The molecule has 0 saturated heterocycles. The van der Waals surface area contributed by atoms with Crippen LogP contribution in [-0.2, 0) is 4.74 Å². The van der Waals surface area contributed by atoms with Gasteiger partial charge in [0.05, 0.1) is 0 Å². The first-order valence-electron chi connectivity index (χ1n) is 12.0. The van der Waals surface area contributed by atoms with E-state index < -0.39 is 0 Å². The fraction of sp³-hybridized carbons (Fsp3) is 0.125. The molecule has 176 valence electrons. The molecule has 0 spiro atoms. The standard InChI is InChI=1S/C32H30O3/c1-3-29(23-33-31-19-15-27(16-20-31)25-11-7-5-8-12-25)35-30(4-2)24-34-32-21-17-28(18-22-32)26-13-9-6-10-14-26/h5-24H,3-4H2,1-2H3. The zero-order valence-electron chi connectivity index (χ0n) is 20.2. The van der Waals surface area contributed by atoms with E-state index in [2.05, 4.69) is 48.5 Å². The quantitative estimate of drug-likeness (QED) is 0.220. The highest BCUT2D eigenvalue weighted by Crippen LogP contribution is 2.24. The van der Waals surface area contributed by atoms with Gasteiger partial charge in [0.25, 0.3) is 0 Å². The Morgan fingerprint density at radius 3 is 1.17 bits per heavy atom. The minimum atomic E-state index is 0.700. The van der Waals surface area contributed by atoms with Crippen LogP contribution < -0.4 is 9.47 Å². The van der Waals surface area contributed by atoms with Crippen molar-refractivity contribution in [2.45, 2.75) is 26.7 Å². The first-order valence-corrected chi connectivity index (χ1v) is 12.0. The molecule has 4 aromatic carbocycles. The van der Waals surface area contributed by atoms with Gasteiger partial charge in [0, 0.05) is 12.8 Å². The van der Waals surface area contributed by atoms with Crippen molar-refractivity contribution < 1.29 is 14.2 Å². The van der Waals surface area contributed by atoms with Crippen molar-refractivity contribution in [1.82, 2.24) is 0 Å². The first-order chi connectivity index (χ1) is 17.2. The van der Waals surface area contributed by atoms with Crippen molar-refractivity contribution in [3.05, 3.63) is 133 Å². The van der Waals surface area contributed by atoms with E-state index in [-0.39, 0.29) is 0 Å². The van der Waals surface area contributed by atoms with Crippen molar-refractivity contribution in [1.29, 1.82) is 0 Å². The SMILES string of the molecule is CCC(=COc1ccc(-c2ccccc2)cc1)OC(=COc1ccc(-c2ccccc2)cc1)CC. The van der Waals surface area contributed by atoms with Crippen LogP contribution in [0.3, 0.4) is 0 Å². The lowest BCUT2D eigenvalue weighted by atomic mass is 10.1. The number of allylic oxidation sites excluding steroid dienone is 2. The molecular weight excluding hydrogens is 432 g/mol. The average Bonchev–Trinajstić information content (AvgIpc) is 2.94. The molecule has 0 atom stereocenters. The summed E-state index contributed by atoms with van der Waals surface area (Å²) in [5.41, 5.74) is 4.66. The number of ether oxygens (including phenoxy) is 3. The van der Waals surface area contributed by atoms with Crippen LogP contribution in [0.15, 0.2) is 133 Å². The monoisotopic (exact) mass is 462 g/mol. The molecule has 0 bridgehead atoms. The molecule has 0 saturated carbocycles. The van der Waals surface area contributed by atoms with Crippen LogP contribution in [0.2, 0.25) is 0 Å². The molecular formula is C32H30O3. The van der Waals surface area contributed by atoms with Gasteiger partial charge in [-0.15, -0.1) is 0 Å². The fourth-order valence-corrected chi connectivity index (χ4v) is 3.51. The Labute approximate surface area is 207 Å². The highest BCUT2D eigenvalue weighted by molar-refractivity contribution is 5.64. The van der Waals surface area contributed by atoms with Crippen LogP contribution in [0.1, 0.15) is 26.7 Å². The fourth-order valence-electron chi connectivity index (χ4n) is 3.51. The van der Waals surface area contributed by atoms with Gasteiger partial charge in [-0.05, 0) is 46.5 Å². The molecule has 0 aliphatic rings. The summed E-state index contributed by atoms with van der Waals surface area (Å²) >= 11 is 0. The largest absolute Gasteiger partial charge is 0.461 e. The Morgan fingerprint density at radius 1 is 0.486 bits per heavy atom. The molecule has 3 heteroatoms. The summed E-state index contributed by atoms with van der Waals surface area (Å²) < 4.78 is 17.8. The molecule has 0 radical (unpaired) electrons. The number of rotatable bonds is 10. The van der Waals surface area contributed by atoms with Crippen LogP contribution in [0.5, 0.6) is 11.5 Å². The van der Waals surface area contributed by atoms with Crippen molar-refractivity contribution in [2.24, 2.45) is 0 Å².